The van der Waals surface area contributed by atoms with E-state index in [1.807, 2.05) is 6.92 Å². The third-order valence-corrected chi connectivity index (χ3v) is 5.12. The van der Waals surface area contributed by atoms with Gasteiger partial charge in [-0.25, -0.2) is 0 Å². The third-order valence-electron chi connectivity index (χ3n) is 4.87. The molecular formula is C21H25ClN2O. The number of piperidine rings is 1. The first kappa shape index (κ1) is 17.8. The number of amides is 1. The Kier molecular flexibility index (Phi) is 5.64. The number of rotatable bonds is 4. The summed E-state index contributed by atoms with van der Waals surface area (Å²) >= 11 is 5.87. The fraction of sp³-hybridized carbons (Fsp3) is 0.381. The van der Waals surface area contributed by atoms with Gasteiger partial charge in [0, 0.05) is 29.4 Å². The second kappa shape index (κ2) is 7.92. The van der Waals surface area contributed by atoms with E-state index in [4.69, 9.17) is 11.6 Å². The van der Waals surface area contributed by atoms with Gasteiger partial charge < -0.3 is 10.2 Å². The van der Waals surface area contributed by atoms with Gasteiger partial charge in [0.05, 0.1) is 6.04 Å². The second-order valence-electron chi connectivity index (χ2n) is 6.99. The SMILES string of the molecule is C[C@@H]1CCCN(c2ccc([C@H](C)NC(=O)c3ccc(Cl)cc3)cc2)C1. The molecular weight excluding hydrogens is 332 g/mol. The van der Waals surface area contributed by atoms with Gasteiger partial charge in [0.15, 0.2) is 0 Å². The third kappa shape index (κ3) is 4.55. The van der Waals surface area contributed by atoms with E-state index in [0.717, 1.165) is 24.6 Å². The molecule has 0 aliphatic carbocycles. The van der Waals surface area contributed by atoms with Crippen molar-refractivity contribution in [2.75, 3.05) is 18.0 Å². The lowest BCUT2D eigenvalue weighted by atomic mass is 9.99. The van der Waals surface area contributed by atoms with E-state index in [1.165, 1.54) is 18.5 Å². The number of nitrogens with zero attached hydrogens (tertiary/aromatic N) is 1. The lowest BCUT2D eigenvalue weighted by molar-refractivity contribution is 0.0940. The summed E-state index contributed by atoms with van der Waals surface area (Å²) in [6.07, 6.45) is 2.58. The van der Waals surface area contributed by atoms with Crippen LogP contribution in [-0.2, 0) is 0 Å². The largest absolute Gasteiger partial charge is 0.371 e. The first-order valence-electron chi connectivity index (χ1n) is 8.94. The number of nitrogens with one attached hydrogen (secondary N) is 1. The molecule has 3 nitrogen and oxygen atoms in total. The fourth-order valence-corrected chi connectivity index (χ4v) is 3.49. The molecule has 1 aliphatic rings. The molecule has 0 bridgehead atoms. The molecule has 1 saturated heterocycles. The zero-order valence-electron chi connectivity index (χ0n) is 14.8. The standard InChI is InChI=1S/C21H25ClN2O/c1-15-4-3-13-24(14-15)20-11-7-17(8-12-20)16(2)23-21(25)18-5-9-19(22)10-6-18/h5-12,15-16H,3-4,13-14H2,1-2H3,(H,23,25)/t15-,16+/m1/s1. The van der Waals surface area contributed by atoms with Crippen molar-refractivity contribution in [2.24, 2.45) is 5.92 Å². The van der Waals surface area contributed by atoms with Gasteiger partial charge in [-0.2, -0.15) is 0 Å². The average molecular weight is 357 g/mol. The van der Waals surface area contributed by atoms with Crippen LogP contribution in [0.1, 0.15) is 48.7 Å². The zero-order valence-corrected chi connectivity index (χ0v) is 15.6. The molecule has 0 spiro atoms. The number of anilines is 1. The Morgan fingerprint density at radius 3 is 2.48 bits per heavy atom. The van der Waals surface area contributed by atoms with Gasteiger partial charge in [-0.15, -0.1) is 0 Å². The zero-order chi connectivity index (χ0) is 17.8. The highest BCUT2D eigenvalue weighted by molar-refractivity contribution is 6.30. The van der Waals surface area contributed by atoms with E-state index in [9.17, 15) is 4.79 Å². The number of benzene rings is 2. The van der Waals surface area contributed by atoms with Crippen molar-refractivity contribution >= 4 is 23.2 Å². The number of hydrogen-bond acceptors (Lipinski definition) is 2. The van der Waals surface area contributed by atoms with Crippen LogP contribution in [-0.4, -0.2) is 19.0 Å². The Labute approximate surface area is 155 Å². The van der Waals surface area contributed by atoms with Gasteiger partial charge in [-0.3, -0.25) is 4.79 Å². The van der Waals surface area contributed by atoms with Crippen LogP contribution in [0.15, 0.2) is 48.5 Å². The summed E-state index contributed by atoms with van der Waals surface area (Å²) in [4.78, 5) is 14.8. The van der Waals surface area contributed by atoms with Crippen molar-refractivity contribution < 1.29 is 4.79 Å². The van der Waals surface area contributed by atoms with E-state index in [-0.39, 0.29) is 11.9 Å². The van der Waals surface area contributed by atoms with Gasteiger partial charge in [-0.05, 0) is 67.6 Å². The first-order valence-corrected chi connectivity index (χ1v) is 9.32. The summed E-state index contributed by atoms with van der Waals surface area (Å²) in [6.45, 7) is 6.58. The minimum atomic E-state index is -0.0851. The highest BCUT2D eigenvalue weighted by atomic mass is 35.5. The fourth-order valence-electron chi connectivity index (χ4n) is 3.36. The molecule has 1 N–H and O–H groups in total. The van der Waals surface area contributed by atoms with Crippen LogP contribution in [0.4, 0.5) is 5.69 Å². The number of carbonyl (C=O) groups excluding carboxylic acids is 1. The Balaban J connectivity index is 1.63. The summed E-state index contributed by atoms with van der Waals surface area (Å²) < 4.78 is 0. The van der Waals surface area contributed by atoms with E-state index in [0.29, 0.717) is 10.6 Å². The Hall–Kier alpha value is -2.00. The summed E-state index contributed by atoms with van der Waals surface area (Å²) in [6, 6.07) is 15.5. The van der Waals surface area contributed by atoms with E-state index < -0.39 is 0 Å². The molecule has 0 radical (unpaired) electrons. The van der Waals surface area contributed by atoms with Crippen molar-refractivity contribution in [3.63, 3.8) is 0 Å². The smallest absolute Gasteiger partial charge is 0.251 e. The van der Waals surface area contributed by atoms with E-state index in [2.05, 4.69) is 41.4 Å². The molecule has 2 aromatic carbocycles. The molecule has 1 aliphatic heterocycles. The highest BCUT2D eigenvalue weighted by Crippen LogP contribution is 2.24. The highest BCUT2D eigenvalue weighted by Gasteiger charge is 2.17. The molecule has 0 aromatic heterocycles. The van der Waals surface area contributed by atoms with E-state index in [1.54, 1.807) is 24.3 Å². The predicted molar refractivity (Wildman–Crippen MR) is 104 cm³/mol. The lowest BCUT2D eigenvalue weighted by Crippen LogP contribution is -2.34. The van der Waals surface area contributed by atoms with Gasteiger partial charge in [0.2, 0.25) is 0 Å². The summed E-state index contributed by atoms with van der Waals surface area (Å²) in [5.41, 5.74) is 3.00. The van der Waals surface area contributed by atoms with Crippen LogP contribution < -0.4 is 10.2 Å². The molecule has 25 heavy (non-hydrogen) atoms. The van der Waals surface area contributed by atoms with Gasteiger partial charge in [-0.1, -0.05) is 30.7 Å². The quantitative estimate of drug-likeness (QED) is 0.829. The summed E-state index contributed by atoms with van der Waals surface area (Å²) in [7, 11) is 0. The van der Waals surface area contributed by atoms with Crippen molar-refractivity contribution in [3.8, 4) is 0 Å². The Morgan fingerprint density at radius 2 is 1.84 bits per heavy atom. The normalized spacial score (nSPS) is 18.7. The number of carbonyl (C=O) groups is 1. The molecule has 1 amide bonds. The monoisotopic (exact) mass is 356 g/mol. The van der Waals surface area contributed by atoms with Crippen molar-refractivity contribution in [1.29, 1.82) is 0 Å². The molecule has 2 atom stereocenters. The lowest BCUT2D eigenvalue weighted by Gasteiger charge is -2.33. The molecule has 3 rings (SSSR count). The Bertz CT molecular complexity index is 712. The molecule has 2 aromatic rings. The van der Waals surface area contributed by atoms with Crippen LogP contribution in [0.5, 0.6) is 0 Å². The minimum absolute atomic E-state index is 0.0440. The van der Waals surface area contributed by atoms with Gasteiger partial charge >= 0.3 is 0 Å². The van der Waals surface area contributed by atoms with Gasteiger partial charge in [0.25, 0.3) is 5.91 Å². The van der Waals surface area contributed by atoms with Crippen LogP contribution in [0.25, 0.3) is 0 Å². The Morgan fingerprint density at radius 1 is 1.16 bits per heavy atom. The van der Waals surface area contributed by atoms with Gasteiger partial charge in [0.1, 0.15) is 0 Å². The minimum Gasteiger partial charge on any atom is -0.371 e. The van der Waals surface area contributed by atoms with Crippen LogP contribution in [0.2, 0.25) is 5.02 Å². The summed E-state index contributed by atoms with van der Waals surface area (Å²) in [5, 5.41) is 3.67. The first-order chi connectivity index (χ1) is 12.0. The second-order valence-corrected chi connectivity index (χ2v) is 7.42. The average Bonchev–Trinajstić information content (AvgIpc) is 2.62. The topological polar surface area (TPSA) is 32.3 Å². The maximum absolute atomic E-state index is 12.3. The molecule has 0 unspecified atom stereocenters. The predicted octanol–water partition coefficient (Wildman–Crippen LogP) is 5.07. The molecule has 4 heteroatoms. The van der Waals surface area contributed by atoms with Crippen molar-refractivity contribution in [1.82, 2.24) is 5.32 Å². The molecule has 1 fully saturated rings. The van der Waals surface area contributed by atoms with Crippen molar-refractivity contribution in [3.05, 3.63) is 64.7 Å². The maximum atomic E-state index is 12.3. The molecule has 1 heterocycles. The number of hydrogen-bond donors (Lipinski definition) is 1. The number of halogens is 1. The molecule has 132 valence electrons. The maximum Gasteiger partial charge on any atom is 0.251 e. The molecule has 0 saturated carbocycles. The van der Waals surface area contributed by atoms with E-state index >= 15 is 0 Å². The van der Waals surface area contributed by atoms with Crippen LogP contribution in [0.3, 0.4) is 0 Å². The summed E-state index contributed by atoms with van der Waals surface area (Å²) in [5.74, 6) is 0.670. The van der Waals surface area contributed by atoms with Crippen molar-refractivity contribution in [2.45, 2.75) is 32.7 Å². The van der Waals surface area contributed by atoms with Crippen LogP contribution >= 0.6 is 11.6 Å². The van der Waals surface area contributed by atoms with Crippen LogP contribution in [0, 0.1) is 5.92 Å².